The van der Waals surface area contributed by atoms with Crippen LogP contribution in [0, 0.1) is 28.6 Å². The molecule has 0 aliphatic heterocycles. The molecular weight excluding hydrogens is 775 g/mol. The number of carbonyl (C=O) groups excluding carboxylic acids is 5. The number of allylic oxidation sites excluding steroid dienone is 1. The third-order valence-electron chi connectivity index (χ3n) is 12.2. The number of esters is 2. The van der Waals surface area contributed by atoms with Crippen molar-refractivity contribution < 1.29 is 42.9 Å². The molecular formula is C49H61N3O9. The SMILES string of the molecule is C=C[C@@H]1C[C@]1(CC(=O)C1CC(Oc2cc(-c3ccccc3)nc3cc(OC)ccc23)C=C1C(=O)N[C@H](C(=O)N[C@H](C(=O)OC)C1CCCCC1)C(C)(C)C)C(=O)OC(C)(C)C. The molecule has 12 nitrogen and oxygen atoms in total. The van der Waals surface area contributed by atoms with E-state index in [1.807, 2.05) is 75.4 Å². The molecule has 2 aromatic carbocycles. The summed E-state index contributed by atoms with van der Waals surface area (Å²) in [7, 11) is 2.89. The molecule has 0 spiro atoms. The Morgan fingerprint density at radius 3 is 2.25 bits per heavy atom. The minimum atomic E-state index is -1.10. The van der Waals surface area contributed by atoms with E-state index in [0.717, 1.165) is 37.7 Å². The van der Waals surface area contributed by atoms with Gasteiger partial charge in [0.1, 0.15) is 41.1 Å². The van der Waals surface area contributed by atoms with Gasteiger partial charge < -0.3 is 29.6 Å². The number of nitrogens with zero attached hydrogens (tertiary/aromatic N) is 1. The third-order valence-corrected chi connectivity index (χ3v) is 12.2. The smallest absolute Gasteiger partial charge is 0.328 e. The number of ether oxygens (including phenoxy) is 4. The van der Waals surface area contributed by atoms with E-state index >= 15 is 0 Å². The molecule has 326 valence electrons. The van der Waals surface area contributed by atoms with Crippen LogP contribution in [-0.4, -0.2) is 72.5 Å². The molecule has 3 aliphatic carbocycles. The Hall–Kier alpha value is -5.52. The number of aromatic nitrogens is 1. The molecule has 2 amide bonds. The number of carbonyl (C=O) groups is 5. The van der Waals surface area contributed by atoms with Crippen molar-refractivity contribution in [1.82, 2.24) is 15.6 Å². The van der Waals surface area contributed by atoms with Crippen molar-refractivity contribution in [3.05, 3.63) is 78.9 Å². The maximum atomic E-state index is 14.7. The van der Waals surface area contributed by atoms with Gasteiger partial charge in [-0.15, -0.1) is 6.58 Å². The molecule has 12 heteroatoms. The lowest BCUT2D eigenvalue weighted by molar-refractivity contribution is -0.163. The molecule has 3 aliphatic rings. The summed E-state index contributed by atoms with van der Waals surface area (Å²) in [4.78, 5) is 75.1. The summed E-state index contributed by atoms with van der Waals surface area (Å²) in [6, 6.07) is 15.0. The van der Waals surface area contributed by atoms with Gasteiger partial charge in [0.2, 0.25) is 11.8 Å². The number of rotatable bonds is 15. The summed E-state index contributed by atoms with van der Waals surface area (Å²) in [5.41, 5.74) is -0.404. The Bertz CT molecular complexity index is 2180. The molecule has 2 saturated carbocycles. The number of fused-ring (bicyclic) bond motifs is 1. The van der Waals surface area contributed by atoms with Crippen LogP contribution in [0.1, 0.15) is 92.9 Å². The standard InChI is InChI=1S/C49H61N3O9/c1-10-31-27-49(31,46(57)61-48(5,6)7)28-39(53)35-23-33(60-40-26-37(29-17-13-11-14-18-29)50-38-25-32(58-8)21-22-34(38)40)24-36(35)43(54)52-42(47(2,3)4)44(55)51-41(45(56)59-9)30-19-15-12-16-20-30/h10-11,13-14,17-18,21-22,24-26,30-31,33,35,41-42H,1,12,15-16,19-20,23,27-28H2,2-9H3,(H,51,55)(H,52,54)/t31-,33?,35?,41+,42-,49-/m1/s1. The average molecular weight is 836 g/mol. The Morgan fingerprint density at radius 2 is 1.64 bits per heavy atom. The van der Waals surface area contributed by atoms with Crippen LogP contribution in [0.4, 0.5) is 0 Å². The van der Waals surface area contributed by atoms with E-state index < -0.39 is 64.3 Å². The zero-order valence-electron chi connectivity index (χ0n) is 36.8. The molecule has 6 rings (SSSR count). The number of benzene rings is 2. The first-order valence-corrected chi connectivity index (χ1v) is 21.4. The molecule has 2 fully saturated rings. The first-order chi connectivity index (χ1) is 28.9. The van der Waals surface area contributed by atoms with Gasteiger partial charge in [-0.25, -0.2) is 9.78 Å². The van der Waals surface area contributed by atoms with E-state index in [9.17, 15) is 24.0 Å². The second-order valence-electron chi connectivity index (χ2n) is 18.8. The van der Waals surface area contributed by atoms with E-state index in [1.165, 1.54) is 7.11 Å². The molecule has 6 atom stereocenters. The van der Waals surface area contributed by atoms with Gasteiger partial charge in [0, 0.05) is 41.5 Å². The Morgan fingerprint density at radius 1 is 0.934 bits per heavy atom. The lowest BCUT2D eigenvalue weighted by Gasteiger charge is -2.34. The van der Waals surface area contributed by atoms with Crippen LogP contribution in [0.5, 0.6) is 11.5 Å². The molecule has 1 aromatic heterocycles. The zero-order chi connectivity index (χ0) is 44.3. The van der Waals surface area contributed by atoms with Gasteiger partial charge in [-0.05, 0) is 75.5 Å². The van der Waals surface area contributed by atoms with Crippen molar-refractivity contribution >= 4 is 40.4 Å². The number of hydrogen-bond acceptors (Lipinski definition) is 10. The number of amides is 2. The van der Waals surface area contributed by atoms with Gasteiger partial charge in [-0.3, -0.25) is 19.2 Å². The van der Waals surface area contributed by atoms with Crippen molar-refractivity contribution in [2.45, 2.75) is 117 Å². The first-order valence-electron chi connectivity index (χ1n) is 21.4. The number of Topliss-reactive ketones (excluding diaryl/α,β-unsaturated/α-hetero) is 1. The van der Waals surface area contributed by atoms with Crippen molar-refractivity contribution in [3.63, 3.8) is 0 Å². The fourth-order valence-electron chi connectivity index (χ4n) is 8.74. The van der Waals surface area contributed by atoms with Gasteiger partial charge in [-0.1, -0.05) is 76.4 Å². The summed E-state index contributed by atoms with van der Waals surface area (Å²) in [5, 5.41) is 6.58. The molecule has 2 unspecified atom stereocenters. The number of hydrogen-bond donors (Lipinski definition) is 2. The Balaban J connectivity index is 1.34. The Labute approximate surface area is 359 Å². The number of ketones is 1. The fourth-order valence-corrected chi connectivity index (χ4v) is 8.74. The second kappa shape index (κ2) is 18.2. The first kappa shape index (κ1) is 45.0. The summed E-state index contributed by atoms with van der Waals surface area (Å²) >= 11 is 0. The summed E-state index contributed by atoms with van der Waals surface area (Å²) in [5.74, 6) is -2.71. The van der Waals surface area contributed by atoms with E-state index in [-0.39, 0.29) is 36.0 Å². The van der Waals surface area contributed by atoms with Gasteiger partial charge in [0.15, 0.2) is 0 Å². The van der Waals surface area contributed by atoms with Crippen LogP contribution in [0.2, 0.25) is 0 Å². The average Bonchev–Trinajstić information content (AvgIpc) is 3.79. The highest BCUT2D eigenvalue weighted by Gasteiger charge is 2.62. The molecule has 61 heavy (non-hydrogen) atoms. The van der Waals surface area contributed by atoms with Crippen LogP contribution < -0.4 is 20.1 Å². The lowest BCUT2D eigenvalue weighted by Crippen LogP contribution is -2.58. The van der Waals surface area contributed by atoms with Gasteiger partial charge >= 0.3 is 11.9 Å². The predicted molar refractivity (Wildman–Crippen MR) is 232 cm³/mol. The van der Waals surface area contributed by atoms with E-state index in [0.29, 0.717) is 34.5 Å². The molecule has 0 radical (unpaired) electrons. The van der Waals surface area contributed by atoms with E-state index in [1.54, 1.807) is 40.0 Å². The summed E-state index contributed by atoms with van der Waals surface area (Å²) < 4.78 is 23.2. The molecule has 0 bridgehead atoms. The van der Waals surface area contributed by atoms with Gasteiger partial charge in [0.25, 0.3) is 0 Å². The fraction of sp³-hybridized carbons (Fsp3) is 0.510. The molecule has 1 heterocycles. The van der Waals surface area contributed by atoms with Crippen LogP contribution in [-0.2, 0) is 33.4 Å². The third kappa shape index (κ3) is 10.3. The van der Waals surface area contributed by atoms with Crippen LogP contribution in [0.15, 0.2) is 78.9 Å². The summed E-state index contributed by atoms with van der Waals surface area (Å²) in [6.45, 7) is 14.7. The van der Waals surface area contributed by atoms with Crippen LogP contribution >= 0.6 is 0 Å². The quantitative estimate of drug-likeness (QED) is 0.114. The maximum Gasteiger partial charge on any atom is 0.328 e. The van der Waals surface area contributed by atoms with Gasteiger partial charge in [-0.2, -0.15) is 0 Å². The second-order valence-corrected chi connectivity index (χ2v) is 18.8. The van der Waals surface area contributed by atoms with Crippen molar-refractivity contribution in [1.29, 1.82) is 0 Å². The Kier molecular flexibility index (Phi) is 13.4. The topological polar surface area (TPSA) is 159 Å². The number of nitrogens with one attached hydrogen (secondary N) is 2. The highest BCUT2D eigenvalue weighted by atomic mass is 16.6. The molecule has 3 aromatic rings. The summed E-state index contributed by atoms with van der Waals surface area (Å²) in [6.07, 6.45) is 7.40. The minimum Gasteiger partial charge on any atom is -0.497 e. The zero-order valence-corrected chi connectivity index (χ0v) is 36.8. The van der Waals surface area contributed by atoms with Crippen LogP contribution in [0.25, 0.3) is 22.2 Å². The van der Waals surface area contributed by atoms with Crippen molar-refractivity contribution in [2.24, 2.45) is 28.6 Å². The van der Waals surface area contributed by atoms with Gasteiger partial charge in [0.05, 0.1) is 36.8 Å². The maximum absolute atomic E-state index is 14.7. The van der Waals surface area contributed by atoms with E-state index in [4.69, 9.17) is 23.9 Å². The van der Waals surface area contributed by atoms with Crippen LogP contribution in [0.3, 0.4) is 0 Å². The highest BCUT2D eigenvalue weighted by molar-refractivity contribution is 6.05. The normalized spacial score (nSPS) is 22.6. The lowest BCUT2D eigenvalue weighted by atomic mass is 9.82. The van der Waals surface area contributed by atoms with Crippen molar-refractivity contribution in [3.8, 4) is 22.8 Å². The van der Waals surface area contributed by atoms with E-state index in [2.05, 4.69) is 17.2 Å². The minimum absolute atomic E-state index is 0.0919. The monoisotopic (exact) mass is 835 g/mol. The number of pyridine rings is 1. The highest BCUT2D eigenvalue weighted by Crippen LogP contribution is 2.58. The number of methoxy groups -OCH3 is 2. The predicted octanol–water partition coefficient (Wildman–Crippen LogP) is 7.87. The largest absolute Gasteiger partial charge is 0.497 e. The molecule has 0 saturated heterocycles. The molecule has 2 N–H and O–H groups in total. The van der Waals surface area contributed by atoms with Crippen molar-refractivity contribution in [2.75, 3.05) is 14.2 Å².